The molecule has 0 aliphatic carbocycles. The second-order valence-corrected chi connectivity index (χ2v) is 7.36. The Balaban J connectivity index is 2.41. The zero-order valence-electron chi connectivity index (χ0n) is 12.4. The fraction of sp³-hybridized carbons (Fsp3) is 0.0625. The lowest BCUT2D eigenvalue weighted by Gasteiger charge is -2.12. The number of sulfonamides is 1. The van der Waals surface area contributed by atoms with E-state index in [1.54, 1.807) is 30.3 Å². The summed E-state index contributed by atoms with van der Waals surface area (Å²) in [5, 5.41) is 8.95. The number of halogens is 1. The van der Waals surface area contributed by atoms with Crippen molar-refractivity contribution in [2.45, 2.75) is 9.79 Å². The summed E-state index contributed by atoms with van der Waals surface area (Å²) in [7, 11) is -4.28. The monoisotopic (exact) mass is 367 g/mol. The molecule has 24 heavy (non-hydrogen) atoms. The second-order valence-electron chi connectivity index (χ2n) is 4.65. The van der Waals surface area contributed by atoms with Crippen LogP contribution in [0.4, 0.5) is 10.1 Å². The van der Waals surface area contributed by atoms with Gasteiger partial charge in [-0.1, -0.05) is 18.2 Å². The molecule has 2 N–H and O–H groups in total. The van der Waals surface area contributed by atoms with Crippen molar-refractivity contribution in [2.24, 2.45) is 0 Å². The van der Waals surface area contributed by atoms with Crippen LogP contribution in [-0.4, -0.2) is 25.2 Å². The number of hydrogen-bond donors (Lipinski definition) is 2. The van der Waals surface area contributed by atoms with E-state index in [1.807, 2.05) is 0 Å². The van der Waals surface area contributed by atoms with Crippen LogP contribution in [-0.2, 0) is 10.0 Å². The van der Waals surface area contributed by atoms with Crippen molar-refractivity contribution in [3.8, 4) is 0 Å². The molecule has 0 bridgehead atoms. The van der Waals surface area contributed by atoms with Crippen molar-refractivity contribution in [1.29, 1.82) is 0 Å². The molecule has 0 saturated carbocycles. The van der Waals surface area contributed by atoms with Crippen molar-refractivity contribution < 1.29 is 22.7 Å². The molecule has 0 unspecified atom stereocenters. The van der Waals surface area contributed by atoms with E-state index in [9.17, 15) is 17.6 Å². The Labute approximate surface area is 143 Å². The van der Waals surface area contributed by atoms with Gasteiger partial charge < -0.3 is 5.11 Å². The van der Waals surface area contributed by atoms with Gasteiger partial charge in [0, 0.05) is 10.6 Å². The van der Waals surface area contributed by atoms with Crippen LogP contribution < -0.4 is 4.72 Å². The number of aromatic carboxylic acids is 1. The molecule has 0 saturated heterocycles. The average molecular weight is 367 g/mol. The highest BCUT2D eigenvalue weighted by Gasteiger charge is 2.22. The maximum absolute atomic E-state index is 13.9. The van der Waals surface area contributed by atoms with Crippen LogP contribution in [0.15, 0.2) is 64.9 Å². The van der Waals surface area contributed by atoms with Gasteiger partial charge in [-0.05, 0) is 30.3 Å². The molecule has 0 amide bonds. The summed E-state index contributed by atoms with van der Waals surface area (Å²) >= 11 is 1.36. The molecule has 0 heterocycles. The predicted octanol–water partition coefficient (Wildman–Crippen LogP) is 3.60. The third kappa shape index (κ3) is 4.15. The topological polar surface area (TPSA) is 83.5 Å². The highest BCUT2D eigenvalue weighted by atomic mass is 32.2. The number of carboxylic acid groups (broad SMARTS) is 1. The lowest BCUT2D eigenvalue weighted by molar-refractivity contribution is 0.0696. The summed E-state index contributed by atoms with van der Waals surface area (Å²) < 4.78 is 41.1. The van der Waals surface area contributed by atoms with E-state index in [1.165, 1.54) is 11.8 Å². The molecule has 0 spiro atoms. The molecule has 126 valence electrons. The Morgan fingerprint density at radius 1 is 1.29 bits per heavy atom. The molecule has 0 radical (unpaired) electrons. The highest BCUT2D eigenvalue weighted by molar-refractivity contribution is 7.99. The minimum Gasteiger partial charge on any atom is -0.478 e. The van der Waals surface area contributed by atoms with Gasteiger partial charge in [-0.2, -0.15) is 0 Å². The van der Waals surface area contributed by atoms with Gasteiger partial charge in [0.1, 0.15) is 10.7 Å². The molecular formula is C16H14FNO4S2. The molecule has 2 rings (SSSR count). The molecule has 0 fully saturated rings. The Hall–Kier alpha value is -2.32. The van der Waals surface area contributed by atoms with Gasteiger partial charge in [-0.15, -0.1) is 18.3 Å². The number of benzene rings is 2. The molecule has 0 aliphatic heterocycles. The third-order valence-electron chi connectivity index (χ3n) is 2.96. The minimum absolute atomic E-state index is 0.282. The van der Waals surface area contributed by atoms with E-state index >= 15 is 0 Å². The Morgan fingerprint density at radius 2 is 2.00 bits per heavy atom. The average Bonchev–Trinajstić information content (AvgIpc) is 2.53. The van der Waals surface area contributed by atoms with Crippen LogP contribution in [0.25, 0.3) is 0 Å². The quantitative estimate of drug-likeness (QED) is 0.577. The molecule has 2 aromatic carbocycles. The highest BCUT2D eigenvalue weighted by Crippen LogP contribution is 2.29. The van der Waals surface area contributed by atoms with Crippen LogP contribution in [0.1, 0.15) is 10.4 Å². The fourth-order valence-corrected chi connectivity index (χ4v) is 3.86. The van der Waals surface area contributed by atoms with Crippen molar-refractivity contribution in [3.05, 3.63) is 66.5 Å². The van der Waals surface area contributed by atoms with Crippen LogP contribution in [0.5, 0.6) is 0 Å². The third-order valence-corrected chi connectivity index (χ3v) is 5.41. The number of para-hydroxylation sites is 1. The molecule has 5 nitrogen and oxygen atoms in total. The second kappa shape index (κ2) is 7.50. The number of rotatable bonds is 7. The van der Waals surface area contributed by atoms with Crippen molar-refractivity contribution >= 4 is 33.4 Å². The van der Waals surface area contributed by atoms with Crippen LogP contribution in [0.2, 0.25) is 0 Å². The first kappa shape index (κ1) is 18.0. The minimum atomic E-state index is -4.28. The summed E-state index contributed by atoms with van der Waals surface area (Å²) in [5.41, 5.74) is -0.0319. The molecule has 8 heteroatoms. The van der Waals surface area contributed by atoms with E-state index in [4.69, 9.17) is 5.11 Å². The Kier molecular flexibility index (Phi) is 5.63. The number of anilines is 1. The van der Waals surface area contributed by atoms with Gasteiger partial charge in [-0.3, -0.25) is 4.72 Å². The smallest absolute Gasteiger partial charge is 0.335 e. The Bertz CT molecular complexity index is 881. The maximum Gasteiger partial charge on any atom is 0.335 e. The lowest BCUT2D eigenvalue weighted by Crippen LogP contribution is -2.16. The van der Waals surface area contributed by atoms with Gasteiger partial charge >= 0.3 is 5.97 Å². The Morgan fingerprint density at radius 3 is 2.67 bits per heavy atom. The summed E-state index contributed by atoms with van der Waals surface area (Å²) in [6, 6.07) is 9.26. The number of hydrogen-bond acceptors (Lipinski definition) is 4. The fourth-order valence-electron chi connectivity index (χ4n) is 1.87. The van der Waals surface area contributed by atoms with Gasteiger partial charge in [0.15, 0.2) is 0 Å². The molecule has 0 aliphatic rings. The molecule has 2 aromatic rings. The van der Waals surface area contributed by atoms with Crippen LogP contribution in [0.3, 0.4) is 0 Å². The van der Waals surface area contributed by atoms with E-state index in [0.29, 0.717) is 10.6 Å². The first-order valence-corrected chi connectivity index (χ1v) is 9.20. The first-order chi connectivity index (χ1) is 11.3. The SMILES string of the molecule is C=CCSc1ccccc1NS(=O)(=O)c1cc(C(=O)O)ccc1F. The number of carbonyl (C=O) groups is 1. The van der Waals surface area contributed by atoms with E-state index in [0.717, 1.165) is 18.2 Å². The summed E-state index contributed by atoms with van der Waals surface area (Å²) in [4.78, 5) is 10.9. The van der Waals surface area contributed by atoms with E-state index in [2.05, 4.69) is 11.3 Å². The van der Waals surface area contributed by atoms with Crippen molar-refractivity contribution in [2.75, 3.05) is 10.5 Å². The predicted molar refractivity (Wildman–Crippen MR) is 91.5 cm³/mol. The normalized spacial score (nSPS) is 11.0. The number of thioether (sulfide) groups is 1. The summed E-state index contributed by atoms with van der Waals surface area (Å²) in [6.07, 6.45) is 1.67. The van der Waals surface area contributed by atoms with Gasteiger partial charge in [0.25, 0.3) is 10.0 Å². The molecule has 0 aromatic heterocycles. The van der Waals surface area contributed by atoms with Gasteiger partial charge in [-0.25, -0.2) is 17.6 Å². The van der Waals surface area contributed by atoms with Gasteiger partial charge in [0.2, 0.25) is 0 Å². The molecule has 0 atom stereocenters. The standard InChI is InChI=1S/C16H14FNO4S2/c1-2-9-23-14-6-4-3-5-13(14)18-24(21,22)15-10-11(16(19)20)7-8-12(15)17/h2-8,10,18H,1,9H2,(H,19,20). The van der Waals surface area contributed by atoms with Crippen LogP contribution >= 0.6 is 11.8 Å². The lowest BCUT2D eigenvalue weighted by atomic mass is 10.2. The van der Waals surface area contributed by atoms with E-state index in [-0.39, 0.29) is 11.3 Å². The largest absolute Gasteiger partial charge is 0.478 e. The molecular weight excluding hydrogens is 353 g/mol. The van der Waals surface area contributed by atoms with E-state index < -0.39 is 26.7 Å². The zero-order valence-corrected chi connectivity index (χ0v) is 14.0. The van der Waals surface area contributed by atoms with Crippen molar-refractivity contribution in [3.63, 3.8) is 0 Å². The van der Waals surface area contributed by atoms with Crippen LogP contribution in [0, 0.1) is 5.82 Å². The number of nitrogens with one attached hydrogen (secondary N) is 1. The number of carboxylic acids is 1. The maximum atomic E-state index is 13.9. The summed E-state index contributed by atoms with van der Waals surface area (Å²) in [5.74, 6) is -1.79. The zero-order chi connectivity index (χ0) is 17.7. The first-order valence-electron chi connectivity index (χ1n) is 6.73. The van der Waals surface area contributed by atoms with Crippen molar-refractivity contribution in [1.82, 2.24) is 0 Å². The summed E-state index contributed by atoms with van der Waals surface area (Å²) in [6.45, 7) is 3.60. The van der Waals surface area contributed by atoms with Gasteiger partial charge in [0.05, 0.1) is 11.3 Å².